The fourth-order valence-corrected chi connectivity index (χ4v) is 3.31. The predicted molar refractivity (Wildman–Crippen MR) is 105 cm³/mol. The van der Waals surface area contributed by atoms with Crippen LogP contribution in [-0.2, 0) is 26.2 Å². The molecule has 0 spiro atoms. The highest BCUT2D eigenvalue weighted by Gasteiger charge is 2.07. The Balaban J connectivity index is 1.37. The Hall–Kier alpha value is -3.14. The predicted octanol–water partition coefficient (Wildman–Crippen LogP) is 3.03. The third-order valence-electron chi connectivity index (χ3n) is 4.82. The van der Waals surface area contributed by atoms with E-state index in [0.29, 0.717) is 0 Å². The van der Waals surface area contributed by atoms with Gasteiger partial charge in [-0.15, -0.1) is 0 Å². The standard InChI is InChI=1S/C23H26N4/c1-2-24-12-13-25(19-24)17-22-8-10-23(11-9-22)18-27-15-14-26(20-27)16-21-6-4-3-5-7-21/h3-15,19-20H,2,16-18H2,1H3/q+2. The lowest BCUT2D eigenvalue weighted by atomic mass is 10.1. The lowest BCUT2D eigenvalue weighted by Crippen LogP contribution is -2.31. The zero-order chi connectivity index (χ0) is 18.5. The van der Waals surface area contributed by atoms with Gasteiger partial charge in [-0.1, -0.05) is 54.6 Å². The van der Waals surface area contributed by atoms with Crippen molar-refractivity contribution in [2.24, 2.45) is 0 Å². The van der Waals surface area contributed by atoms with Gasteiger partial charge in [0.25, 0.3) is 0 Å². The van der Waals surface area contributed by atoms with Crippen molar-refractivity contribution >= 4 is 0 Å². The first-order chi connectivity index (χ1) is 13.3. The second-order valence-corrected chi connectivity index (χ2v) is 6.98. The summed E-state index contributed by atoms with van der Waals surface area (Å²) in [6.07, 6.45) is 12.8. The van der Waals surface area contributed by atoms with Crippen molar-refractivity contribution < 1.29 is 9.13 Å². The van der Waals surface area contributed by atoms with E-state index in [9.17, 15) is 0 Å². The minimum Gasteiger partial charge on any atom is -0.237 e. The average Bonchev–Trinajstić information content (AvgIpc) is 3.33. The molecule has 2 aromatic carbocycles. The van der Waals surface area contributed by atoms with Crippen molar-refractivity contribution in [3.05, 3.63) is 109 Å². The maximum absolute atomic E-state index is 2.23. The third kappa shape index (κ3) is 4.53. The van der Waals surface area contributed by atoms with Crippen LogP contribution < -0.4 is 9.13 Å². The lowest BCUT2D eigenvalue weighted by molar-refractivity contribution is -0.688. The van der Waals surface area contributed by atoms with Gasteiger partial charge in [0, 0.05) is 0 Å². The summed E-state index contributed by atoms with van der Waals surface area (Å²) in [5.41, 5.74) is 3.96. The van der Waals surface area contributed by atoms with E-state index in [1.54, 1.807) is 0 Å². The number of aromatic nitrogens is 4. The van der Waals surface area contributed by atoms with Gasteiger partial charge in [0.05, 0.1) is 6.54 Å². The van der Waals surface area contributed by atoms with E-state index in [0.717, 1.165) is 26.2 Å². The topological polar surface area (TPSA) is 17.6 Å². The largest absolute Gasteiger partial charge is 0.244 e. The molecule has 0 radical (unpaired) electrons. The number of hydrogen-bond donors (Lipinski definition) is 0. The van der Waals surface area contributed by atoms with E-state index in [2.05, 4.69) is 117 Å². The molecule has 27 heavy (non-hydrogen) atoms. The van der Waals surface area contributed by atoms with Gasteiger partial charge in [0.15, 0.2) is 0 Å². The summed E-state index contributed by atoms with van der Waals surface area (Å²) in [6, 6.07) is 19.5. The van der Waals surface area contributed by atoms with E-state index in [1.165, 1.54) is 16.7 Å². The van der Waals surface area contributed by atoms with Gasteiger partial charge in [0.1, 0.15) is 44.4 Å². The Kier molecular flexibility index (Phi) is 5.15. The van der Waals surface area contributed by atoms with Crippen LogP contribution in [0.25, 0.3) is 0 Å². The monoisotopic (exact) mass is 358 g/mol. The van der Waals surface area contributed by atoms with Crippen LogP contribution in [0.4, 0.5) is 0 Å². The fraction of sp³-hybridized carbons (Fsp3) is 0.217. The second-order valence-electron chi connectivity index (χ2n) is 6.98. The van der Waals surface area contributed by atoms with Crippen molar-refractivity contribution in [2.45, 2.75) is 33.1 Å². The molecule has 4 nitrogen and oxygen atoms in total. The lowest BCUT2D eigenvalue weighted by Gasteiger charge is -2.01. The first kappa shape index (κ1) is 17.3. The highest BCUT2D eigenvalue weighted by molar-refractivity contribution is 5.22. The van der Waals surface area contributed by atoms with Gasteiger partial charge >= 0.3 is 0 Å². The average molecular weight is 358 g/mol. The van der Waals surface area contributed by atoms with E-state index in [1.807, 2.05) is 0 Å². The van der Waals surface area contributed by atoms with Gasteiger partial charge in [-0.25, -0.2) is 18.3 Å². The Bertz CT molecular complexity index is 981. The summed E-state index contributed by atoms with van der Waals surface area (Å²) in [5, 5.41) is 0. The maximum atomic E-state index is 2.23. The summed E-state index contributed by atoms with van der Waals surface area (Å²) in [4.78, 5) is 0. The van der Waals surface area contributed by atoms with Crippen molar-refractivity contribution in [3.63, 3.8) is 0 Å². The van der Waals surface area contributed by atoms with Crippen LogP contribution in [0.5, 0.6) is 0 Å². The molecule has 4 aromatic rings. The molecule has 0 aliphatic heterocycles. The Morgan fingerprint density at radius 1 is 0.667 bits per heavy atom. The molecular weight excluding hydrogens is 332 g/mol. The fourth-order valence-electron chi connectivity index (χ4n) is 3.31. The van der Waals surface area contributed by atoms with Gasteiger partial charge in [-0.3, -0.25) is 0 Å². The highest BCUT2D eigenvalue weighted by atomic mass is 15.1. The summed E-state index contributed by atoms with van der Waals surface area (Å²) in [6.45, 7) is 5.87. The minimum atomic E-state index is 0.890. The van der Waals surface area contributed by atoms with Crippen LogP contribution in [0.2, 0.25) is 0 Å². The number of aryl methyl sites for hydroxylation is 1. The molecule has 0 fully saturated rings. The van der Waals surface area contributed by atoms with E-state index >= 15 is 0 Å². The van der Waals surface area contributed by atoms with E-state index < -0.39 is 0 Å². The molecule has 0 unspecified atom stereocenters. The summed E-state index contributed by atoms with van der Waals surface area (Å²) in [5.74, 6) is 0. The molecule has 0 saturated heterocycles. The first-order valence-corrected chi connectivity index (χ1v) is 9.50. The molecule has 0 amide bonds. The molecule has 0 N–H and O–H groups in total. The summed E-state index contributed by atoms with van der Waals surface area (Å²) < 4.78 is 8.86. The van der Waals surface area contributed by atoms with Gasteiger partial charge < -0.3 is 0 Å². The van der Waals surface area contributed by atoms with Crippen LogP contribution in [0.15, 0.2) is 92.0 Å². The van der Waals surface area contributed by atoms with Crippen LogP contribution in [0.3, 0.4) is 0 Å². The second kappa shape index (κ2) is 8.04. The first-order valence-electron chi connectivity index (χ1n) is 9.50. The molecular formula is C23H26N4+2. The Morgan fingerprint density at radius 3 is 1.85 bits per heavy atom. The molecule has 0 atom stereocenters. The van der Waals surface area contributed by atoms with Crippen molar-refractivity contribution in [3.8, 4) is 0 Å². The Morgan fingerprint density at radius 2 is 1.22 bits per heavy atom. The summed E-state index contributed by atoms with van der Waals surface area (Å²) >= 11 is 0. The smallest absolute Gasteiger partial charge is 0.237 e. The molecule has 0 saturated carbocycles. The molecule has 4 heteroatoms. The molecule has 0 aliphatic carbocycles. The van der Waals surface area contributed by atoms with Crippen molar-refractivity contribution in [1.29, 1.82) is 0 Å². The molecule has 0 bridgehead atoms. The van der Waals surface area contributed by atoms with Crippen molar-refractivity contribution in [2.75, 3.05) is 0 Å². The Labute approximate surface area is 160 Å². The molecule has 0 aliphatic rings. The van der Waals surface area contributed by atoms with Crippen LogP contribution in [-0.4, -0.2) is 9.13 Å². The minimum absolute atomic E-state index is 0.890. The number of nitrogens with zero attached hydrogens (tertiary/aromatic N) is 4. The molecule has 136 valence electrons. The van der Waals surface area contributed by atoms with Gasteiger partial charge in [0.2, 0.25) is 12.7 Å². The summed E-state index contributed by atoms with van der Waals surface area (Å²) in [7, 11) is 0. The van der Waals surface area contributed by atoms with E-state index in [-0.39, 0.29) is 0 Å². The maximum Gasteiger partial charge on any atom is 0.244 e. The molecule has 2 heterocycles. The zero-order valence-electron chi connectivity index (χ0n) is 15.8. The van der Waals surface area contributed by atoms with Crippen LogP contribution in [0.1, 0.15) is 23.6 Å². The molecule has 2 aromatic heterocycles. The van der Waals surface area contributed by atoms with Gasteiger partial charge in [-0.2, -0.15) is 0 Å². The number of rotatable bonds is 7. The zero-order valence-corrected chi connectivity index (χ0v) is 15.8. The third-order valence-corrected chi connectivity index (χ3v) is 4.82. The number of imidazole rings is 2. The number of benzene rings is 2. The van der Waals surface area contributed by atoms with E-state index in [4.69, 9.17) is 0 Å². The number of hydrogen-bond acceptors (Lipinski definition) is 0. The SMILES string of the molecule is CCn1cc[n+](Cc2ccc(Cn3cc[n+](Cc4ccccc4)c3)cc2)c1. The quantitative estimate of drug-likeness (QED) is 0.452. The van der Waals surface area contributed by atoms with Crippen LogP contribution >= 0.6 is 0 Å². The van der Waals surface area contributed by atoms with Gasteiger partial charge in [-0.05, 0) is 23.6 Å². The highest BCUT2D eigenvalue weighted by Crippen LogP contribution is 2.06. The normalized spacial score (nSPS) is 11.0. The molecule has 4 rings (SSSR count). The van der Waals surface area contributed by atoms with Crippen molar-refractivity contribution in [1.82, 2.24) is 9.13 Å². The van der Waals surface area contributed by atoms with Crippen LogP contribution in [0, 0.1) is 0 Å².